The highest BCUT2D eigenvalue weighted by atomic mass is 79.9. The van der Waals surface area contributed by atoms with Crippen molar-refractivity contribution in [3.63, 3.8) is 0 Å². The second kappa shape index (κ2) is 6.16. The molecule has 0 saturated heterocycles. The second-order valence-electron chi connectivity index (χ2n) is 4.40. The zero-order chi connectivity index (χ0) is 13.0. The van der Waals surface area contributed by atoms with Crippen molar-refractivity contribution >= 4 is 15.9 Å². The van der Waals surface area contributed by atoms with E-state index in [0.29, 0.717) is 6.04 Å². The lowest BCUT2D eigenvalue weighted by molar-refractivity contribution is 0.526. The van der Waals surface area contributed by atoms with E-state index in [0.717, 1.165) is 23.4 Å². The first kappa shape index (κ1) is 13.3. The van der Waals surface area contributed by atoms with Crippen molar-refractivity contribution in [2.75, 3.05) is 6.54 Å². The summed E-state index contributed by atoms with van der Waals surface area (Å²) in [5, 5.41) is 3.52. The number of rotatable bonds is 5. The van der Waals surface area contributed by atoms with Crippen molar-refractivity contribution in [2.45, 2.75) is 26.4 Å². The van der Waals surface area contributed by atoms with Crippen LogP contribution in [0.3, 0.4) is 0 Å². The number of hydrogen-bond donors (Lipinski definition) is 1. The number of aryl methyl sites for hydroxylation is 1. The summed E-state index contributed by atoms with van der Waals surface area (Å²) in [7, 11) is 0. The van der Waals surface area contributed by atoms with Crippen LogP contribution in [-0.4, -0.2) is 16.1 Å². The fourth-order valence-corrected chi connectivity index (χ4v) is 2.35. The lowest BCUT2D eigenvalue weighted by atomic mass is 10.1. The maximum Gasteiger partial charge on any atom is 0.105 e. The van der Waals surface area contributed by atoms with Gasteiger partial charge in [0.05, 0.1) is 0 Å². The molecule has 0 aliphatic rings. The summed E-state index contributed by atoms with van der Waals surface area (Å²) >= 11 is 3.50. The number of hydrogen-bond acceptors (Lipinski definition) is 2. The Kier molecular flexibility index (Phi) is 4.55. The highest BCUT2D eigenvalue weighted by Gasteiger charge is 2.05. The van der Waals surface area contributed by atoms with Gasteiger partial charge >= 0.3 is 0 Å². The van der Waals surface area contributed by atoms with Crippen molar-refractivity contribution in [3.05, 3.63) is 52.5 Å². The minimum atomic E-state index is 0.353. The average Bonchev–Trinajstić information content (AvgIpc) is 2.75. The normalized spacial score (nSPS) is 12.6. The topological polar surface area (TPSA) is 29.9 Å². The first-order valence-corrected chi connectivity index (χ1v) is 6.92. The number of benzene rings is 1. The highest BCUT2D eigenvalue weighted by Crippen LogP contribution is 2.17. The summed E-state index contributed by atoms with van der Waals surface area (Å²) in [5.41, 5.74) is 1.30. The standard InChI is InChI=1S/C14H18BrN3/c1-11(13-4-3-5-14(15)10-13)16-6-8-18-9-7-17-12(18)2/h3-5,7,9-11,16H,6,8H2,1-2H3. The molecular formula is C14H18BrN3. The molecule has 0 radical (unpaired) electrons. The molecule has 18 heavy (non-hydrogen) atoms. The minimum absolute atomic E-state index is 0.353. The van der Waals surface area contributed by atoms with E-state index in [-0.39, 0.29) is 0 Å². The van der Waals surface area contributed by atoms with Crippen LogP contribution >= 0.6 is 15.9 Å². The highest BCUT2D eigenvalue weighted by molar-refractivity contribution is 9.10. The lowest BCUT2D eigenvalue weighted by Crippen LogP contribution is -2.23. The quantitative estimate of drug-likeness (QED) is 0.918. The van der Waals surface area contributed by atoms with Crippen LogP contribution in [0.1, 0.15) is 24.4 Å². The monoisotopic (exact) mass is 307 g/mol. The van der Waals surface area contributed by atoms with E-state index in [4.69, 9.17) is 0 Å². The minimum Gasteiger partial charge on any atom is -0.334 e. The van der Waals surface area contributed by atoms with Crippen molar-refractivity contribution in [1.29, 1.82) is 0 Å². The number of aromatic nitrogens is 2. The summed E-state index contributed by atoms with van der Waals surface area (Å²) in [4.78, 5) is 4.21. The van der Waals surface area contributed by atoms with E-state index in [1.807, 2.05) is 25.4 Å². The molecule has 1 atom stereocenters. The molecule has 0 aliphatic carbocycles. The van der Waals surface area contributed by atoms with Crippen LogP contribution in [-0.2, 0) is 6.54 Å². The molecule has 2 rings (SSSR count). The van der Waals surface area contributed by atoms with Gasteiger partial charge in [0, 0.05) is 36.0 Å². The molecule has 1 N–H and O–H groups in total. The molecule has 0 spiro atoms. The molecule has 0 saturated carbocycles. The van der Waals surface area contributed by atoms with Crippen molar-refractivity contribution in [1.82, 2.24) is 14.9 Å². The smallest absolute Gasteiger partial charge is 0.105 e. The van der Waals surface area contributed by atoms with Crippen molar-refractivity contribution in [3.8, 4) is 0 Å². The number of imidazole rings is 1. The second-order valence-corrected chi connectivity index (χ2v) is 5.31. The Labute approximate surface area is 116 Å². The Balaban J connectivity index is 1.85. The summed E-state index contributed by atoms with van der Waals surface area (Å²) in [6.07, 6.45) is 3.86. The van der Waals surface area contributed by atoms with E-state index < -0.39 is 0 Å². The molecule has 96 valence electrons. The van der Waals surface area contributed by atoms with Gasteiger partial charge in [-0.05, 0) is 31.5 Å². The predicted molar refractivity (Wildman–Crippen MR) is 77.5 cm³/mol. The molecule has 0 aliphatic heterocycles. The number of nitrogens with one attached hydrogen (secondary N) is 1. The zero-order valence-corrected chi connectivity index (χ0v) is 12.3. The van der Waals surface area contributed by atoms with Gasteiger partial charge in [0.15, 0.2) is 0 Å². The number of halogens is 1. The van der Waals surface area contributed by atoms with Crippen molar-refractivity contribution < 1.29 is 0 Å². The van der Waals surface area contributed by atoms with Gasteiger partial charge in [-0.15, -0.1) is 0 Å². The van der Waals surface area contributed by atoms with E-state index in [9.17, 15) is 0 Å². The molecular weight excluding hydrogens is 290 g/mol. The maximum absolute atomic E-state index is 4.21. The maximum atomic E-state index is 4.21. The van der Waals surface area contributed by atoms with Gasteiger partial charge in [-0.2, -0.15) is 0 Å². The van der Waals surface area contributed by atoms with Crippen LogP contribution in [0.25, 0.3) is 0 Å². The van der Waals surface area contributed by atoms with Gasteiger partial charge in [-0.3, -0.25) is 0 Å². The first-order valence-electron chi connectivity index (χ1n) is 6.13. The predicted octanol–water partition coefficient (Wildman–Crippen LogP) is 3.30. The molecule has 4 heteroatoms. The fourth-order valence-electron chi connectivity index (χ4n) is 1.94. The van der Waals surface area contributed by atoms with Crippen LogP contribution in [0.2, 0.25) is 0 Å². The molecule has 3 nitrogen and oxygen atoms in total. The number of nitrogens with zero attached hydrogens (tertiary/aromatic N) is 2. The third kappa shape index (κ3) is 3.43. The Morgan fingerprint density at radius 2 is 2.28 bits per heavy atom. The van der Waals surface area contributed by atoms with Gasteiger partial charge in [-0.1, -0.05) is 28.1 Å². The largest absolute Gasteiger partial charge is 0.334 e. The van der Waals surface area contributed by atoms with Crippen LogP contribution < -0.4 is 5.32 Å². The molecule has 2 aromatic rings. The summed E-state index contributed by atoms with van der Waals surface area (Å²) in [6.45, 7) is 6.09. The lowest BCUT2D eigenvalue weighted by Gasteiger charge is -2.15. The van der Waals surface area contributed by atoms with E-state index >= 15 is 0 Å². The van der Waals surface area contributed by atoms with Crippen LogP contribution in [0.4, 0.5) is 0 Å². The molecule has 1 aromatic heterocycles. The molecule has 0 amide bonds. The molecule has 1 aromatic carbocycles. The summed E-state index contributed by atoms with van der Waals surface area (Å²) < 4.78 is 3.28. The van der Waals surface area contributed by atoms with E-state index in [1.165, 1.54) is 5.56 Å². The van der Waals surface area contributed by atoms with Gasteiger partial charge in [0.25, 0.3) is 0 Å². The summed E-state index contributed by atoms with van der Waals surface area (Å²) in [6, 6.07) is 8.76. The van der Waals surface area contributed by atoms with Gasteiger partial charge in [0.2, 0.25) is 0 Å². The summed E-state index contributed by atoms with van der Waals surface area (Å²) in [5.74, 6) is 1.06. The zero-order valence-electron chi connectivity index (χ0n) is 10.7. The van der Waals surface area contributed by atoms with Gasteiger partial charge < -0.3 is 9.88 Å². The van der Waals surface area contributed by atoms with Crippen LogP contribution in [0.15, 0.2) is 41.1 Å². The Morgan fingerprint density at radius 3 is 2.94 bits per heavy atom. The molecule has 0 bridgehead atoms. The van der Waals surface area contributed by atoms with Gasteiger partial charge in [-0.25, -0.2) is 4.98 Å². The molecule has 1 unspecified atom stereocenters. The van der Waals surface area contributed by atoms with E-state index in [2.05, 4.69) is 55.9 Å². The Morgan fingerprint density at radius 1 is 1.44 bits per heavy atom. The van der Waals surface area contributed by atoms with Crippen molar-refractivity contribution in [2.24, 2.45) is 0 Å². The van der Waals surface area contributed by atoms with Gasteiger partial charge in [0.1, 0.15) is 5.82 Å². The van der Waals surface area contributed by atoms with Crippen LogP contribution in [0.5, 0.6) is 0 Å². The Bertz CT molecular complexity index is 507. The van der Waals surface area contributed by atoms with E-state index in [1.54, 1.807) is 0 Å². The molecule has 1 heterocycles. The third-order valence-electron chi connectivity index (χ3n) is 3.08. The van der Waals surface area contributed by atoms with Crippen LogP contribution in [0, 0.1) is 6.92 Å². The third-order valence-corrected chi connectivity index (χ3v) is 3.57. The average molecular weight is 308 g/mol. The SMILES string of the molecule is Cc1nccn1CCNC(C)c1cccc(Br)c1. The first-order chi connectivity index (χ1) is 8.66. The Hall–Kier alpha value is -1.13. The fraction of sp³-hybridized carbons (Fsp3) is 0.357. The molecule has 0 fully saturated rings.